The summed E-state index contributed by atoms with van der Waals surface area (Å²) in [6.45, 7) is 0. The van der Waals surface area contributed by atoms with Crippen molar-refractivity contribution in [3.63, 3.8) is 0 Å². The van der Waals surface area contributed by atoms with Crippen molar-refractivity contribution in [3.8, 4) is 5.75 Å². The van der Waals surface area contributed by atoms with Crippen LogP contribution in [0, 0.1) is 0 Å². The van der Waals surface area contributed by atoms with Crippen LogP contribution in [0.1, 0.15) is 0 Å². The maximum atomic E-state index is 5.21. The highest BCUT2D eigenvalue weighted by Gasteiger charge is 2.05. The van der Waals surface area contributed by atoms with E-state index in [0.29, 0.717) is 0 Å². The van der Waals surface area contributed by atoms with Gasteiger partial charge in [-0.25, -0.2) is 4.98 Å². The Kier molecular flexibility index (Phi) is 2.11. The van der Waals surface area contributed by atoms with Gasteiger partial charge in [-0.05, 0) is 46.3 Å². The quantitative estimate of drug-likeness (QED) is 0.682. The molecule has 16 heavy (non-hydrogen) atoms. The Balaban J connectivity index is 2.46. The summed E-state index contributed by atoms with van der Waals surface area (Å²) in [6.07, 6.45) is 1.80. The normalized spacial score (nSPS) is 11.1. The minimum atomic E-state index is 0.864. The van der Waals surface area contributed by atoms with Crippen LogP contribution >= 0.6 is 15.9 Å². The van der Waals surface area contributed by atoms with Crippen LogP contribution in [-0.2, 0) is 0 Å². The number of imidazole rings is 1. The van der Waals surface area contributed by atoms with E-state index < -0.39 is 0 Å². The molecule has 3 nitrogen and oxygen atoms in total. The minimum Gasteiger partial charge on any atom is -0.497 e. The predicted octanol–water partition coefficient (Wildman–Crippen LogP) is 3.26. The first-order valence-corrected chi connectivity index (χ1v) is 5.68. The average Bonchev–Trinajstić information content (AvgIpc) is 2.70. The first-order chi connectivity index (χ1) is 7.79. The number of hydrogen-bond acceptors (Lipinski definition) is 2. The summed E-state index contributed by atoms with van der Waals surface area (Å²) >= 11 is 3.49. The third-order valence-electron chi connectivity index (χ3n) is 2.63. The minimum absolute atomic E-state index is 0.864. The zero-order valence-corrected chi connectivity index (χ0v) is 10.2. The van der Waals surface area contributed by atoms with Crippen LogP contribution < -0.4 is 4.74 Å². The number of benzene rings is 1. The summed E-state index contributed by atoms with van der Waals surface area (Å²) in [6, 6.07) is 10.0. The molecule has 0 saturated heterocycles. The highest BCUT2D eigenvalue weighted by Crippen LogP contribution is 2.24. The second-order valence-electron chi connectivity index (χ2n) is 3.53. The first kappa shape index (κ1) is 9.66. The van der Waals surface area contributed by atoms with Crippen molar-refractivity contribution in [2.24, 2.45) is 0 Å². The van der Waals surface area contributed by atoms with E-state index in [1.54, 1.807) is 13.3 Å². The largest absolute Gasteiger partial charge is 0.497 e. The molecule has 1 aromatic carbocycles. The molecule has 0 spiro atoms. The van der Waals surface area contributed by atoms with Gasteiger partial charge in [0.1, 0.15) is 16.0 Å². The van der Waals surface area contributed by atoms with Crippen LogP contribution in [0.4, 0.5) is 0 Å². The molecular formula is C12H9BrN2O. The molecule has 2 aromatic heterocycles. The fourth-order valence-electron chi connectivity index (χ4n) is 1.86. The number of aromatic nitrogens is 2. The van der Waals surface area contributed by atoms with Gasteiger partial charge in [-0.1, -0.05) is 0 Å². The molecule has 0 N–H and O–H groups in total. The topological polar surface area (TPSA) is 26.5 Å². The molecule has 4 heteroatoms. The Morgan fingerprint density at radius 2 is 2.12 bits per heavy atom. The molecule has 0 amide bonds. The molecule has 0 aliphatic carbocycles. The predicted molar refractivity (Wildman–Crippen MR) is 67.0 cm³/mol. The molecule has 3 rings (SSSR count). The van der Waals surface area contributed by atoms with Crippen molar-refractivity contribution in [2.75, 3.05) is 7.11 Å². The van der Waals surface area contributed by atoms with Gasteiger partial charge >= 0.3 is 0 Å². The highest BCUT2D eigenvalue weighted by molar-refractivity contribution is 9.10. The molecule has 3 aromatic rings. The van der Waals surface area contributed by atoms with E-state index in [4.69, 9.17) is 4.74 Å². The fraction of sp³-hybridized carbons (Fsp3) is 0.0833. The molecule has 0 bridgehead atoms. The van der Waals surface area contributed by atoms with Gasteiger partial charge in [0.05, 0.1) is 18.8 Å². The van der Waals surface area contributed by atoms with Crippen molar-refractivity contribution in [2.45, 2.75) is 0 Å². The molecule has 0 aliphatic heterocycles. The van der Waals surface area contributed by atoms with Gasteiger partial charge in [0.25, 0.3) is 0 Å². The molecule has 0 saturated carbocycles. The molecule has 80 valence electrons. The van der Waals surface area contributed by atoms with Gasteiger partial charge in [0.2, 0.25) is 0 Å². The number of nitrogens with zero attached hydrogens (tertiary/aromatic N) is 2. The molecule has 0 aliphatic rings. The third kappa shape index (κ3) is 1.30. The molecule has 0 fully saturated rings. The summed E-state index contributed by atoms with van der Waals surface area (Å²) in [5, 5.41) is 1.13. The number of rotatable bonds is 1. The molecule has 2 heterocycles. The van der Waals surface area contributed by atoms with Crippen LogP contribution in [0.5, 0.6) is 5.75 Å². The number of fused-ring (bicyclic) bond motifs is 3. The standard InChI is InChI=1S/C12H9BrN2O/c1-16-9-3-4-10-8(6-9)2-5-12-14-7-11(13)15(10)12/h2-7H,1H3. The highest BCUT2D eigenvalue weighted by atomic mass is 79.9. The zero-order chi connectivity index (χ0) is 11.1. The van der Waals surface area contributed by atoms with Gasteiger partial charge in [0, 0.05) is 5.39 Å². The lowest BCUT2D eigenvalue weighted by molar-refractivity contribution is 0.415. The van der Waals surface area contributed by atoms with Crippen LogP contribution in [-0.4, -0.2) is 16.5 Å². The first-order valence-electron chi connectivity index (χ1n) is 4.89. The summed E-state index contributed by atoms with van der Waals surface area (Å²) in [4.78, 5) is 4.30. The van der Waals surface area contributed by atoms with Gasteiger partial charge < -0.3 is 4.74 Å². The Morgan fingerprint density at radius 1 is 1.25 bits per heavy atom. The number of ether oxygens (including phenoxy) is 1. The monoisotopic (exact) mass is 276 g/mol. The number of hydrogen-bond donors (Lipinski definition) is 0. The Morgan fingerprint density at radius 3 is 2.94 bits per heavy atom. The van der Waals surface area contributed by atoms with E-state index in [1.807, 2.05) is 30.3 Å². The fourth-order valence-corrected chi connectivity index (χ4v) is 2.34. The maximum Gasteiger partial charge on any atom is 0.138 e. The van der Waals surface area contributed by atoms with E-state index in [2.05, 4.69) is 25.3 Å². The smallest absolute Gasteiger partial charge is 0.138 e. The third-order valence-corrected chi connectivity index (χ3v) is 3.19. The van der Waals surface area contributed by atoms with Crippen molar-refractivity contribution >= 4 is 32.5 Å². The zero-order valence-electron chi connectivity index (χ0n) is 8.64. The number of halogens is 1. The molecule has 0 unspecified atom stereocenters. The van der Waals surface area contributed by atoms with Crippen LogP contribution in [0.25, 0.3) is 16.6 Å². The number of methoxy groups -OCH3 is 1. The summed E-state index contributed by atoms with van der Waals surface area (Å²) < 4.78 is 8.23. The van der Waals surface area contributed by atoms with E-state index in [9.17, 15) is 0 Å². The molecular weight excluding hydrogens is 268 g/mol. The van der Waals surface area contributed by atoms with Crippen molar-refractivity contribution in [1.29, 1.82) is 0 Å². The van der Waals surface area contributed by atoms with Crippen molar-refractivity contribution in [3.05, 3.63) is 41.1 Å². The van der Waals surface area contributed by atoms with Crippen LogP contribution in [0.2, 0.25) is 0 Å². The van der Waals surface area contributed by atoms with Crippen LogP contribution in [0.3, 0.4) is 0 Å². The van der Waals surface area contributed by atoms with E-state index in [0.717, 1.165) is 26.9 Å². The van der Waals surface area contributed by atoms with Gasteiger partial charge in [0.15, 0.2) is 0 Å². The van der Waals surface area contributed by atoms with E-state index >= 15 is 0 Å². The second kappa shape index (κ2) is 3.49. The summed E-state index contributed by atoms with van der Waals surface area (Å²) in [7, 11) is 1.67. The maximum absolute atomic E-state index is 5.21. The lowest BCUT2D eigenvalue weighted by atomic mass is 10.2. The van der Waals surface area contributed by atoms with Gasteiger partial charge in [-0.2, -0.15) is 0 Å². The van der Waals surface area contributed by atoms with E-state index in [-0.39, 0.29) is 0 Å². The molecule has 0 radical (unpaired) electrons. The summed E-state index contributed by atoms with van der Waals surface area (Å²) in [5.41, 5.74) is 2.05. The Hall–Kier alpha value is -1.55. The van der Waals surface area contributed by atoms with Crippen LogP contribution in [0.15, 0.2) is 41.1 Å². The van der Waals surface area contributed by atoms with E-state index in [1.165, 1.54) is 0 Å². The van der Waals surface area contributed by atoms with Crippen molar-refractivity contribution in [1.82, 2.24) is 9.38 Å². The lowest BCUT2D eigenvalue weighted by Gasteiger charge is -2.05. The molecule has 0 atom stereocenters. The average molecular weight is 277 g/mol. The van der Waals surface area contributed by atoms with Gasteiger partial charge in [-0.15, -0.1) is 0 Å². The van der Waals surface area contributed by atoms with Crippen molar-refractivity contribution < 1.29 is 4.74 Å². The summed E-state index contributed by atoms with van der Waals surface area (Å²) in [5.74, 6) is 0.864. The number of pyridine rings is 1. The second-order valence-corrected chi connectivity index (χ2v) is 4.35. The van der Waals surface area contributed by atoms with Gasteiger partial charge in [-0.3, -0.25) is 4.40 Å². The Labute approximate surface area is 101 Å². The lowest BCUT2D eigenvalue weighted by Crippen LogP contribution is -1.89. The Bertz CT molecular complexity index is 675. The SMILES string of the molecule is COc1ccc2c(ccc3ncc(Br)n32)c1.